The molecule has 0 saturated heterocycles. The lowest BCUT2D eigenvalue weighted by Gasteiger charge is -2.15. The Kier molecular flexibility index (Phi) is 7.31. The largest absolute Gasteiger partial charge is 0.493 e. The van der Waals surface area contributed by atoms with Crippen molar-refractivity contribution in [1.82, 2.24) is 14.9 Å². The molecule has 1 N–H and O–H groups in total. The van der Waals surface area contributed by atoms with Gasteiger partial charge in [0.05, 0.1) is 14.2 Å². The number of hydrogen-bond acceptors (Lipinski definition) is 5. The summed E-state index contributed by atoms with van der Waals surface area (Å²) < 4.78 is 12.0. The van der Waals surface area contributed by atoms with E-state index in [2.05, 4.69) is 10.3 Å². The van der Waals surface area contributed by atoms with Crippen molar-refractivity contribution in [1.29, 1.82) is 0 Å². The molecule has 2 aromatic carbocycles. The molecular weight excluding hydrogens is 418 g/mol. The monoisotopic (exact) mass is 441 g/mol. The van der Waals surface area contributed by atoms with Gasteiger partial charge in [0.2, 0.25) is 5.91 Å². The molecule has 0 bridgehead atoms. The second-order valence-electron chi connectivity index (χ2n) is 6.79. The van der Waals surface area contributed by atoms with Crippen LogP contribution in [0, 0.1) is 0 Å². The SMILES string of the molecule is CCc1cc(=O)n(CC(=O)NCc2cccc(OC)c2OC)c(-c2cccc(Cl)c2)n1. The first-order valence-electron chi connectivity index (χ1n) is 9.80. The van der Waals surface area contributed by atoms with Crippen LogP contribution in [0.2, 0.25) is 5.02 Å². The van der Waals surface area contributed by atoms with E-state index in [1.54, 1.807) is 38.5 Å². The number of amides is 1. The summed E-state index contributed by atoms with van der Waals surface area (Å²) in [6.45, 7) is 1.97. The number of aromatic nitrogens is 2. The molecule has 1 aromatic heterocycles. The smallest absolute Gasteiger partial charge is 0.254 e. The third kappa shape index (κ3) is 5.24. The molecule has 0 aliphatic carbocycles. The van der Waals surface area contributed by atoms with Crippen LogP contribution in [0.5, 0.6) is 11.5 Å². The molecule has 7 nitrogen and oxygen atoms in total. The second kappa shape index (κ2) is 10.1. The Morgan fingerprint density at radius 2 is 1.90 bits per heavy atom. The average Bonchev–Trinajstić information content (AvgIpc) is 2.78. The van der Waals surface area contributed by atoms with Gasteiger partial charge in [-0.3, -0.25) is 14.2 Å². The fourth-order valence-corrected chi connectivity index (χ4v) is 3.41. The summed E-state index contributed by atoms with van der Waals surface area (Å²) in [5.74, 6) is 1.20. The van der Waals surface area contributed by atoms with Gasteiger partial charge in [-0.15, -0.1) is 0 Å². The fraction of sp³-hybridized carbons (Fsp3) is 0.261. The van der Waals surface area contributed by atoms with Gasteiger partial charge in [0.1, 0.15) is 12.4 Å². The second-order valence-corrected chi connectivity index (χ2v) is 7.23. The van der Waals surface area contributed by atoms with Crippen LogP contribution in [0.1, 0.15) is 18.2 Å². The number of ether oxygens (including phenoxy) is 2. The third-order valence-electron chi connectivity index (χ3n) is 4.77. The maximum Gasteiger partial charge on any atom is 0.254 e. The Bertz CT molecular complexity index is 1140. The van der Waals surface area contributed by atoms with Gasteiger partial charge in [-0.2, -0.15) is 0 Å². The molecule has 0 fully saturated rings. The first kappa shape index (κ1) is 22.4. The lowest BCUT2D eigenvalue weighted by Crippen LogP contribution is -2.33. The van der Waals surface area contributed by atoms with E-state index in [-0.39, 0.29) is 24.6 Å². The third-order valence-corrected chi connectivity index (χ3v) is 5.00. The molecule has 31 heavy (non-hydrogen) atoms. The molecule has 8 heteroatoms. The highest BCUT2D eigenvalue weighted by atomic mass is 35.5. The number of rotatable bonds is 8. The zero-order valence-corrected chi connectivity index (χ0v) is 18.4. The van der Waals surface area contributed by atoms with Crippen LogP contribution < -0.4 is 20.3 Å². The highest BCUT2D eigenvalue weighted by Crippen LogP contribution is 2.30. The van der Waals surface area contributed by atoms with Crippen molar-refractivity contribution in [2.75, 3.05) is 14.2 Å². The van der Waals surface area contributed by atoms with E-state index in [1.807, 2.05) is 25.1 Å². The minimum atomic E-state index is -0.332. The molecule has 0 unspecified atom stereocenters. The summed E-state index contributed by atoms with van der Waals surface area (Å²) in [6, 6.07) is 13.9. The molecule has 3 aromatic rings. The zero-order valence-electron chi connectivity index (χ0n) is 17.6. The van der Waals surface area contributed by atoms with Gasteiger partial charge >= 0.3 is 0 Å². The van der Waals surface area contributed by atoms with Gasteiger partial charge in [-0.1, -0.05) is 42.8 Å². The fourth-order valence-electron chi connectivity index (χ4n) is 3.22. The maximum absolute atomic E-state index is 12.7. The molecule has 3 rings (SSSR count). The summed E-state index contributed by atoms with van der Waals surface area (Å²) in [6.07, 6.45) is 0.603. The number of hydrogen-bond donors (Lipinski definition) is 1. The zero-order chi connectivity index (χ0) is 22.4. The molecule has 0 aliphatic heterocycles. The van der Waals surface area contributed by atoms with Crippen LogP contribution in [0.15, 0.2) is 53.3 Å². The first-order chi connectivity index (χ1) is 15.0. The van der Waals surface area contributed by atoms with Gasteiger partial charge < -0.3 is 14.8 Å². The number of nitrogens with zero attached hydrogens (tertiary/aromatic N) is 2. The Labute approximate surface area is 185 Å². The maximum atomic E-state index is 12.7. The molecule has 0 atom stereocenters. The molecule has 1 heterocycles. The molecule has 0 radical (unpaired) electrons. The predicted molar refractivity (Wildman–Crippen MR) is 120 cm³/mol. The predicted octanol–water partition coefficient (Wildman–Crippen LogP) is 3.46. The van der Waals surface area contributed by atoms with Gasteiger partial charge in [-0.25, -0.2) is 4.98 Å². The van der Waals surface area contributed by atoms with Crippen molar-refractivity contribution in [3.8, 4) is 22.9 Å². The van der Waals surface area contributed by atoms with Crippen molar-refractivity contribution in [3.63, 3.8) is 0 Å². The Balaban J connectivity index is 1.86. The lowest BCUT2D eigenvalue weighted by atomic mass is 10.2. The number of halogens is 1. The van der Waals surface area contributed by atoms with Crippen molar-refractivity contribution in [2.24, 2.45) is 0 Å². The molecule has 0 saturated carbocycles. The van der Waals surface area contributed by atoms with Crippen molar-refractivity contribution in [2.45, 2.75) is 26.4 Å². The van der Waals surface area contributed by atoms with Crippen LogP contribution in [-0.2, 0) is 24.3 Å². The van der Waals surface area contributed by atoms with Gasteiger partial charge in [0.15, 0.2) is 11.5 Å². The summed E-state index contributed by atoms with van der Waals surface area (Å²) in [5, 5.41) is 3.35. The number of carbonyl (C=O) groups excluding carboxylic acids is 1. The van der Waals surface area contributed by atoms with E-state index in [0.29, 0.717) is 40.0 Å². The summed E-state index contributed by atoms with van der Waals surface area (Å²) >= 11 is 6.12. The number of carbonyl (C=O) groups is 1. The van der Waals surface area contributed by atoms with Crippen molar-refractivity contribution >= 4 is 17.5 Å². The molecule has 0 spiro atoms. The first-order valence-corrected chi connectivity index (χ1v) is 10.2. The average molecular weight is 442 g/mol. The Morgan fingerprint density at radius 3 is 2.58 bits per heavy atom. The van der Waals surface area contributed by atoms with Gasteiger partial charge in [0.25, 0.3) is 5.56 Å². The minimum Gasteiger partial charge on any atom is -0.493 e. The molecule has 162 valence electrons. The van der Waals surface area contributed by atoms with Crippen molar-refractivity contribution < 1.29 is 14.3 Å². The van der Waals surface area contributed by atoms with Crippen molar-refractivity contribution in [3.05, 3.63) is 75.2 Å². The number of para-hydroxylation sites is 1. The number of methoxy groups -OCH3 is 2. The normalized spacial score (nSPS) is 10.6. The Morgan fingerprint density at radius 1 is 1.13 bits per heavy atom. The van der Waals surface area contributed by atoms with Gasteiger partial charge in [-0.05, 0) is 24.6 Å². The molecule has 1 amide bonds. The molecule has 0 aliphatic rings. The minimum absolute atomic E-state index is 0.177. The van der Waals surface area contributed by atoms with E-state index in [1.165, 1.54) is 10.6 Å². The van der Waals surface area contributed by atoms with Crippen LogP contribution in [0.3, 0.4) is 0 Å². The van der Waals surface area contributed by atoms with E-state index in [4.69, 9.17) is 21.1 Å². The van der Waals surface area contributed by atoms with Crippen LogP contribution in [0.25, 0.3) is 11.4 Å². The van der Waals surface area contributed by atoms with E-state index in [0.717, 1.165) is 5.56 Å². The Hall–Kier alpha value is -3.32. The summed E-state index contributed by atoms with van der Waals surface area (Å²) in [7, 11) is 3.10. The van der Waals surface area contributed by atoms with E-state index < -0.39 is 0 Å². The standard InChI is InChI=1S/C23H24ClN3O4/c1-4-18-12-21(29)27(23(26-18)15-7-5-9-17(24)11-15)14-20(28)25-13-16-8-6-10-19(30-2)22(16)31-3/h5-12H,4,13-14H2,1-3H3,(H,25,28). The molecular formula is C23H24ClN3O4. The highest BCUT2D eigenvalue weighted by molar-refractivity contribution is 6.30. The quantitative estimate of drug-likeness (QED) is 0.578. The lowest BCUT2D eigenvalue weighted by molar-refractivity contribution is -0.121. The van der Waals surface area contributed by atoms with E-state index >= 15 is 0 Å². The van der Waals surface area contributed by atoms with E-state index in [9.17, 15) is 9.59 Å². The number of benzene rings is 2. The topological polar surface area (TPSA) is 82.5 Å². The van der Waals surface area contributed by atoms with Crippen LogP contribution in [-0.4, -0.2) is 29.7 Å². The highest BCUT2D eigenvalue weighted by Gasteiger charge is 2.15. The number of nitrogens with one attached hydrogen (secondary N) is 1. The number of aryl methyl sites for hydroxylation is 1. The summed E-state index contributed by atoms with van der Waals surface area (Å²) in [5.41, 5.74) is 1.79. The van der Waals surface area contributed by atoms with Crippen LogP contribution in [0.4, 0.5) is 0 Å². The van der Waals surface area contributed by atoms with Crippen LogP contribution >= 0.6 is 11.6 Å². The van der Waals surface area contributed by atoms with Gasteiger partial charge in [0, 0.05) is 34.5 Å². The summed E-state index contributed by atoms with van der Waals surface area (Å²) in [4.78, 5) is 30.0.